The van der Waals surface area contributed by atoms with Gasteiger partial charge >= 0.3 is 0 Å². The molecule has 3 aliphatic rings. The van der Waals surface area contributed by atoms with Crippen molar-refractivity contribution in [2.45, 2.75) is 51.1 Å². The first-order valence-electron chi connectivity index (χ1n) is 7.95. The van der Waals surface area contributed by atoms with Gasteiger partial charge in [0.15, 0.2) is 0 Å². The highest BCUT2D eigenvalue weighted by Gasteiger charge is 2.39. The van der Waals surface area contributed by atoms with Crippen molar-refractivity contribution in [3.63, 3.8) is 0 Å². The summed E-state index contributed by atoms with van der Waals surface area (Å²) >= 11 is 0. The first-order chi connectivity index (χ1) is 9.16. The van der Waals surface area contributed by atoms with Crippen LogP contribution in [-0.4, -0.2) is 54.0 Å². The third-order valence-corrected chi connectivity index (χ3v) is 5.46. The molecule has 2 saturated heterocycles. The number of piperazine rings is 1. The highest BCUT2D eigenvalue weighted by atomic mass is 16.2. The molecule has 3 fully saturated rings. The van der Waals surface area contributed by atoms with Crippen molar-refractivity contribution in [1.82, 2.24) is 9.80 Å². The predicted octanol–water partition coefficient (Wildman–Crippen LogP) is 1.06. The predicted molar refractivity (Wildman–Crippen MR) is 75.7 cm³/mol. The number of hydrogen-bond donors (Lipinski definition) is 1. The summed E-state index contributed by atoms with van der Waals surface area (Å²) in [5.74, 6) is 0.866. The van der Waals surface area contributed by atoms with Gasteiger partial charge < -0.3 is 10.6 Å². The number of nitrogens with two attached hydrogens (primary N) is 1. The van der Waals surface area contributed by atoms with Crippen LogP contribution in [0.2, 0.25) is 0 Å². The van der Waals surface area contributed by atoms with Crippen molar-refractivity contribution in [3.8, 4) is 0 Å². The van der Waals surface area contributed by atoms with Crippen molar-refractivity contribution >= 4 is 5.91 Å². The summed E-state index contributed by atoms with van der Waals surface area (Å²) in [7, 11) is 0. The lowest BCUT2D eigenvalue weighted by Crippen LogP contribution is -2.56. The van der Waals surface area contributed by atoms with E-state index in [4.69, 9.17) is 5.73 Å². The SMILES string of the molecule is CC1CCCC(N)C1C(=O)N1CCN2CCCC2C1. The van der Waals surface area contributed by atoms with Gasteiger partial charge in [0.1, 0.15) is 0 Å². The zero-order valence-electron chi connectivity index (χ0n) is 12.1. The molecule has 3 rings (SSSR count). The van der Waals surface area contributed by atoms with E-state index in [1.807, 2.05) is 0 Å². The maximum Gasteiger partial charge on any atom is 0.227 e. The van der Waals surface area contributed by atoms with E-state index in [2.05, 4.69) is 16.7 Å². The number of rotatable bonds is 1. The number of carbonyl (C=O) groups is 1. The van der Waals surface area contributed by atoms with Crippen LogP contribution in [0.1, 0.15) is 39.0 Å². The van der Waals surface area contributed by atoms with Gasteiger partial charge in [-0.3, -0.25) is 9.69 Å². The monoisotopic (exact) mass is 265 g/mol. The molecule has 0 radical (unpaired) electrons. The molecular formula is C15H27N3O. The average Bonchev–Trinajstić information content (AvgIpc) is 2.85. The Labute approximate surface area is 116 Å². The summed E-state index contributed by atoms with van der Waals surface area (Å²) in [5, 5.41) is 0. The van der Waals surface area contributed by atoms with Crippen LogP contribution in [0.15, 0.2) is 0 Å². The molecule has 108 valence electrons. The summed E-state index contributed by atoms with van der Waals surface area (Å²) in [6.45, 7) is 6.34. The van der Waals surface area contributed by atoms with Gasteiger partial charge in [0, 0.05) is 31.7 Å². The molecule has 0 aromatic rings. The molecular weight excluding hydrogens is 238 g/mol. The molecule has 0 aromatic heterocycles. The smallest absolute Gasteiger partial charge is 0.227 e. The van der Waals surface area contributed by atoms with Gasteiger partial charge in [0.2, 0.25) is 5.91 Å². The number of hydrogen-bond acceptors (Lipinski definition) is 3. The third-order valence-electron chi connectivity index (χ3n) is 5.46. The Morgan fingerprint density at radius 3 is 2.74 bits per heavy atom. The molecule has 1 aliphatic carbocycles. The Morgan fingerprint density at radius 2 is 1.95 bits per heavy atom. The number of amides is 1. The minimum Gasteiger partial charge on any atom is -0.340 e. The highest BCUT2D eigenvalue weighted by Crippen LogP contribution is 2.31. The van der Waals surface area contributed by atoms with E-state index < -0.39 is 0 Å². The van der Waals surface area contributed by atoms with Crippen LogP contribution in [0.4, 0.5) is 0 Å². The van der Waals surface area contributed by atoms with Crippen molar-refractivity contribution in [3.05, 3.63) is 0 Å². The standard InChI is InChI=1S/C15H27N3O/c1-11-4-2-6-13(16)14(11)15(19)18-9-8-17-7-3-5-12(17)10-18/h11-14H,2-10,16H2,1H3. The molecule has 4 unspecified atom stereocenters. The van der Waals surface area contributed by atoms with Gasteiger partial charge in [-0.15, -0.1) is 0 Å². The lowest BCUT2D eigenvalue weighted by Gasteiger charge is -2.42. The van der Waals surface area contributed by atoms with Crippen molar-refractivity contribution in [2.24, 2.45) is 17.6 Å². The van der Waals surface area contributed by atoms with Gasteiger partial charge in [-0.25, -0.2) is 0 Å². The summed E-state index contributed by atoms with van der Waals surface area (Å²) < 4.78 is 0. The maximum atomic E-state index is 12.8. The average molecular weight is 265 g/mol. The lowest BCUT2D eigenvalue weighted by atomic mass is 9.76. The van der Waals surface area contributed by atoms with Crippen LogP contribution >= 0.6 is 0 Å². The Bertz CT molecular complexity index is 336. The molecule has 2 heterocycles. The molecule has 1 saturated carbocycles. The van der Waals surface area contributed by atoms with Gasteiger partial charge in [0.25, 0.3) is 0 Å². The van der Waals surface area contributed by atoms with E-state index in [0.717, 1.165) is 32.5 Å². The molecule has 1 amide bonds. The molecule has 0 spiro atoms. The van der Waals surface area contributed by atoms with Crippen molar-refractivity contribution in [1.29, 1.82) is 0 Å². The van der Waals surface area contributed by atoms with E-state index in [0.29, 0.717) is 17.9 Å². The molecule has 2 aliphatic heterocycles. The van der Waals surface area contributed by atoms with E-state index >= 15 is 0 Å². The van der Waals surface area contributed by atoms with Gasteiger partial charge in [-0.05, 0) is 38.1 Å². The second kappa shape index (κ2) is 5.41. The van der Waals surface area contributed by atoms with Gasteiger partial charge in [-0.1, -0.05) is 13.3 Å². The minimum absolute atomic E-state index is 0.0710. The van der Waals surface area contributed by atoms with Gasteiger partial charge in [0.05, 0.1) is 5.92 Å². The van der Waals surface area contributed by atoms with Crippen LogP contribution in [0, 0.1) is 11.8 Å². The largest absolute Gasteiger partial charge is 0.340 e. The summed E-state index contributed by atoms with van der Waals surface area (Å²) in [4.78, 5) is 17.4. The normalized spacial score (nSPS) is 40.2. The number of fused-ring (bicyclic) bond motifs is 1. The molecule has 4 atom stereocenters. The molecule has 4 nitrogen and oxygen atoms in total. The second-order valence-electron chi connectivity index (χ2n) is 6.71. The fourth-order valence-electron chi connectivity index (χ4n) is 4.29. The van der Waals surface area contributed by atoms with E-state index in [9.17, 15) is 4.79 Å². The zero-order chi connectivity index (χ0) is 13.4. The van der Waals surface area contributed by atoms with E-state index in [1.54, 1.807) is 0 Å². The van der Waals surface area contributed by atoms with Crippen molar-refractivity contribution in [2.75, 3.05) is 26.2 Å². The first-order valence-corrected chi connectivity index (χ1v) is 7.95. The zero-order valence-corrected chi connectivity index (χ0v) is 12.1. The topological polar surface area (TPSA) is 49.6 Å². The van der Waals surface area contributed by atoms with Crippen LogP contribution < -0.4 is 5.73 Å². The Kier molecular flexibility index (Phi) is 3.81. The lowest BCUT2D eigenvalue weighted by molar-refractivity contribution is -0.141. The fraction of sp³-hybridized carbons (Fsp3) is 0.933. The summed E-state index contributed by atoms with van der Waals surface area (Å²) in [6.07, 6.45) is 5.92. The summed E-state index contributed by atoms with van der Waals surface area (Å²) in [6, 6.07) is 0.700. The van der Waals surface area contributed by atoms with Crippen molar-refractivity contribution < 1.29 is 4.79 Å². The molecule has 0 bridgehead atoms. The van der Waals surface area contributed by atoms with Crippen LogP contribution in [0.3, 0.4) is 0 Å². The number of carbonyl (C=O) groups excluding carboxylic acids is 1. The molecule has 2 N–H and O–H groups in total. The highest BCUT2D eigenvalue weighted by molar-refractivity contribution is 5.80. The Hall–Kier alpha value is -0.610. The van der Waals surface area contributed by atoms with Crippen LogP contribution in [0.25, 0.3) is 0 Å². The molecule has 0 aromatic carbocycles. The molecule has 4 heteroatoms. The quantitative estimate of drug-likeness (QED) is 0.771. The fourth-order valence-corrected chi connectivity index (χ4v) is 4.29. The maximum absolute atomic E-state index is 12.8. The number of nitrogens with zero attached hydrogens (tertiary/aromatic N) is 2. The first kappa shape index (κ1) is 13.4. The summed E-state index contributed by atoms with van der Waals surface area (Å²) in [5.41, 5.74) is 6.23. The van der Waals surface area contributed by atoms with Crippen LogP contribution in [-0.2, 0) is 4.79 Å². The van der Waals surface area contributed by atoms with Crippen LogP contribution in [0.5, 0.6) is 0 Å². The third kappa shape index (κ3) is 2.52. The minimum atomic E-state index is 0.0710. The Balaban J connectivity index is 1.66. The second-order valence-corrected chi connectivity index (χ2v) is 6.71. The van der Waals surface area contributed by atoms with E-state index in [1.165, 1.54) is 25.8 Å². The molecule has 19 heavy (non-hydrogen) atoms. The van der Waals surface area contributed by atoms with E-state index in [-0.39, 0.29) is 12.0 Å². The Morgan fingerprint density at radius 1 is 1.11 bits per heavy atom. The van der Waals surface area contributed by atoms with Gasteiger partial charge in [-0.2, -0.15) is 0 Å².